The molecule has 10 rings (SSSR count). The van der Waals surface area contributed by atoms with Gasteiger partial charge in [-0.1, -0.05) is 72.8 Å². The third-order valence-corrected chi connectivity index (χ3v) is 11.5. The van der Waals surface area contributed by atoms with Crippen LogP contribution in [0.3, 0.4) is 0 Å². The molecule has 0 aliphatic rings. The molecule has 6 aromatic carbocycles. The normalized spacial score (nSPS) is 12.7. The van der Waals surface area contributed by atoms with Crippen molar-refractivity contribution in [2.24, 2.45) is 0 Å². The second-order valence-electron chi connectivity index (χ2n) is 15.9. The number of hydrogen-bond acceptors (Lipinski definition) is 6. The highest BCUT2D eigenvalue weighted by Gasteiger charge is 2.24. The summed E-state index contributed by atoms with van der Waals surface area (Å²) in [6, 6.07) is 48.4. The van der Waals surface area contributed by atoms with Gasteiger partial charge in [-0.2, -0.15) is 0 Å². The Morgan fingerprint density at radius 3 is 1.18 bits per heavy atom. The SMILES string of the molecule is Cc1cc(-c2ncccc2OC(C)C[C@@H](C)Oc2cccnc2-c2cc(C)cc(-n3c4ccccc4c4ccccc43)c2O)c(O)c(-n2c3ccccc3c3ccccc32)c1. The summed E-state index contributed by atoms with van der Waals surface area (Å²) in [6.07, 6.45) is 3.38. The van der Waals surface area contributed by atoms with Gasteiger partial charge in [-0.25, -0.2) is 0 Å². The van der Waals surface area contributed by atoms with Crippen LogP contribution >= 0.6 is 0 Å². The lowest BCUT2D eigenvalue weighted by Gasteiger charge is -2.23. The van der Waals surface area contributed by atoms with Crippen molar-refractivity contribution < 1.29 is 19.7 Å². The predicted octanol–water partition coefficient (Wildman–Crippen LogP) is 12.7. The standard InChI is InChI=1S/C53H44N4O4/c1-32-27-40(52(58)46(29-32)56-42-19-9-5-15-36(42)37-16-6-10-20-43(37)56)50-48(23-13-25-54-50)60-34(3)31-35(4)61-49-24-14-26-55-51(49)41-28-33(2)30-47(53(41)59)57-44-21-11-7-17-38(44)39-18-8-12-22-45(39)57/h5-30,34-35,58-59H,31H2,1-4H3/t34-,35?/m1/s1. The summed E-state index contributed by atoms with van der Waals surface area (Å²) in [6.45, 7) is 8.06. The van der Waals surface area contributed by atoms with Gasteiger partial charge in [-0.05, 0) is 112 Å². The van der Waals surface area contributed by atoms with Crippen molar-refractivity contribution in [1.82, 2.24) is 19.1 Å². The topological polar surface area (TPSA) is 94.6 Å². The Morgan fingerprint density at radius 1 is 0.475 bits per heavy atom. The molecule has 0 bridgehead atoms. The van der Waals surface area contributed by atoms with E-state index < -0.39 is 0 Å². The van der Waals surface area contributed by atoms with E-state index in [1.807, 2.05) is 125 Å². The highest BCUT2D eigenvalue weighted by Crippen LogP contribution is 2.44. The third-order valence-electron chi connectivity index (χ3n) is 11.5. The summed E-state index contributed by atoms with van der Waals surface area (Å²) in [5.74, 6) is 1.35. The highest BCUT2D eigenvalue weighted by atomic mass is 16.5. The molecule has 61 heavy (non-hydrogen) atoms. The Kier molecular flexibility index (Phi) is 9.40. The highest BCUT2D eigenvalue weighted by molar-refractivity contribution is 6.10. The molecule has 300 valence electrons. The summed E-state index contributed by atoms with van der Waals surface area (Å²) >= 11 is 0. The van der Waals surface area contributed by atoms with Crippen LogP contribution in [-0.4, -0.2) is 41.5 Å². The van der Waals surface area contributed by atoms with Gasteiger partial charge >= 0.3 is 0 Å². The van der Waals surface area contributed by atoms with E-state index in [1.165, 1.54) is 0 Å². The Morgan fingerprint density at radius 2 is 0.820 bits per heavy atom. The molecule has 0 amide bonds. The molecule has 10 aromatic rings. The lowest BCUT2D eigenvalue weighted by atomic mass is 10.0. The van der Waals surface area contributed by atoms with Crippen LogP contribution in [0.25, 0.3) is 77.5 Å². The van der Waals surface area contributed by atoms with Crippen LogP contribution in [0.15, 0.2) is 158 Å². The van der Waals surface area contributed by atoms with Crippen molar-refractivity contribution in [3.8, 4) is 56.9 Å². The van der Waals surface area contributed by atoms with Crippen molar-refractivity contribution in [1.29, 1.82) is 0 Å². The fourth-order valence-corrected chi connectivity index (χ4v) is 8.96. The molecule has 8 nitrogen and oxygen atoms in total. The van der Waals surface area contributed by atoms with Crippen LogP contribution in [0.1, 0.15) is 31.4 Å². The van der Waals surface area contributed by atoms with E-state index in [9.17, 15) is 10.2 Å². The van der Waals surface area contributed by atoms with E-state index in [0.29, 0.717) is 51.8 Å². The first-order chi connectivity index (χ1) is 29.7. The minimum atomic E-state index is -0.295. The van der Waals surface area contributed by atoms with E-state index in [0.717, 1.165) is 54.7 Å². The lowest BCUT2D eigenvalue weighted by molar-refractivity contribution is 0.131. The van der Waals surface area contributed by atoms with Crippen LogP contribution in [0.2, 0.25) is 0 Å². The number of benzene rings is 6. The Balaban J connectivity index is 0.936. The third kappa shape index (κ3) is 6.57. The number of rotatable bonds is 10. The van der Waals surface area contributed by atoms with E-state index in [2.05, 4.69) is 57.7 Å². The zero-order valence-corrected chi connectivity index (χ0v) is 34.4. The molecule has 0 aliphatic carbocycles. The van der Waals surface area contributed by atoms with Crippen molar-refractivity contribution >= 4 is 43.6 Å². The van der Waals surface area contributed by atoms with Gasteiger partial charge in [0.15, 0.2) is 0 Å². The molecule has 4 heterocycles. The molecule has 0 spiro atoms. The van der Waals surface area contributed by atoms with Gasteiger partial charge in [0.25, 0.3) is 0 Å². The first-order valence-electron chi connectivity index (χ1n) is 20.6. The summed E-state index contributed by atoms with van der Waals surface area (Å²) < 4.78 is 17.5. The van der Waals surface area contributed by atoms with Crippen LogP contribution in [-0.2, 0) is 0 Å². The molecule has 0 saturated heterocycles. The average Bonchev–Trinajstić information content (AvgIpc) is 3.78. The van der Waals surface area contributed by atoms with Gasteiger partial charge in [-0.3, -0.25) is 9.97 Å². The van der Waals surface area contributed by atoms with E-state index in [1.54, 1.807) is 12.4 Å². The quantitative estimate of drug-likeness (QED) is 0.143. The molecule has 4 aromatic heterocycles. The number of fused-ring (bicyclic) bond motifs is 6. The monoisotopic (exact) mass is 800 g/mol. The van der Waals surface area contributed by atoms with Crippen molar-refractivity contribution in [2.75, 3.05) is 0 Å². The zero-order valence-electron chi connectivity index (χ0n) is 34.4. The molecule has 0 saturated carbocycles. The van der Waals surface area contributed by atoms with E-state index in [4.69, 9.17) is 19.4 Å². The number of aromatic hydroxyl groups is 2. The number of aryl methyl sites for hydroxylation is 2. The van der Waals surface area contributed by atoms with Crippen molar-refractivity contribution in [3.05, 3.63) is 169 Å². The molecule has 2 atom stereocenters. The maximum absolute atomic E-state index is 12.1. The predicted molar refractivity (Wildman–Crippen MR) is 246 cm³/mol. The Bertz CT molecular complexity index is 2970. The number of ether oxygens (including phenoxy) is 2. The zero-order chi connectivity index (χ0) is 41.8. The molecule has 8 heteroatoms. The molecule has 1 unspecified atom stereocenters. The van der Waals surface area contributed by atoms with Gasteiger partial charge in [0.2, 0.25) is 0 Å². The van der Waals surface area contributed by atoms with E-state index in [-0.39, 0.29) is 23.7 Å². The lowest BCUT2D eigenvalue weighted by Crippen LogP contribution is -2.23. The summed E-state index contributed by atoms with van der Waals surface area (Å²) in [5.41, 5.74) is 9.61. The summed E-state index contributed by atoms with van der Waals surface area (Å²) in [4.78, 5) is 9.52. The van der Waals surface area contributed by atoms with Crippen LogP contribution in [0.5, 0.6) is 23.0 Å². The smallest absolute Gasteiger partial charge is 0.149 e. The summed E-state index contributed by atoms with van der Waals surface area (Å²) in [5, 5.41) is 28.6. The number of pyridine rings is 2. The largest absolute Gasteiger partial charge is 0.505 e. The molecule has 0 fully saturated rings. The number of hydrogen-bond donors (Lipinski definition) is 2. The number of phenolic OH excluding ortho intramolecular Hbond substituents is 2. The molecule has 2 N–H and O–H groups in total. The van der Waals surface area contributed by atoms with Crippen LogP contribution < -0.4 is 9.47 Å². The van der Waals surface area contributed by atoms with Crippen molar-refractivity contribution in [3.63, 3.8) is 0 Å². The summed E-state index contributed by atoms with van der Waals surface area (Å²) in [7, 11) is 0. The number of phenols is 2. The Labute approximate surface area is 353 Å². The minimum absolute atomic E-state index is 0.120. The molecule has 0 aliphatic heterocycles. The average molecular weight is 801 g/mol. The van der Waals surface area contributed by atoms with Gasteiger partial charge in [-0.15, -0.1) is 0 Å². The van der Waals surface area contributed by atoms with Crippen LogP contribution in [0, 0.1) is 13.8 Å². The molecular formula is C53H44N4O4. The van der Waals surface area contributed by atoms with Gasteiger partial charge in [0.1, 0.15) is 34.4 Å². The van der Waals surface area contributed by atoms with Gasteiger partial charge in [0, 0.05) is 51.5 Å². The molecule has 0 radical (unpaired) electrons. The number of para-hydroxylation sites is 4. The molecular weight excluding hydrogens is 757 g/mol. The first kappa shape index (κ1) is 37.7. The van der Waals surface area contributed by atoms with Gasteiger partial charge in [0.05, 0.1) is 45.6 Å². The maximum atomic E-state index is 12.1. The number of aromatic nitrogens is 4. The second-order valence-corrected chi connectivity index (χ2v) is 15.9. The fraction of sp³-hybridized carbons (Fsp3) is 0.132. The van der Waals surface area contributed by atoms with E-state index >= 15 is 0 Å². The minimum Gasteiger partial charge on any atom is -0.505 e. The van der Waals surface area contributed by atoms with Crippen LogP contribution in [0.4, 0.5) is 0 Å². The van der Waals surface area contributed by atoms with Gasteiger partial charge < -0.3 is 28.8 Å². The maximum Gasteiger partial charge on any atom is 0.149 e. The number of nitrogens with zero attached hydrogens (tertiary/aromatic N) is 4. The first-order valence-corrected chi connectivity index (χ1v) is 20.6. The second kappa shape index (κ2) is 15.2. The van der Waals surface area contributed by atoms with Crippen molar-refractivity contribution in [2.45, 2.75) is 46.3 Å². The fourth-order valence-electron chi connectivity index (χ4n) is 8.96. The Hall–Kier alpha value is -7.58.